The van der Waals surface area contributed by atoms with E-state index in [9.17, 15) is 17.2 Å². The largest absolute Gasteiger partial charge is 0.396 e. The molecule has 1 aromatic carbocycles. The molecule has 0 saturated heterocycles. The van der Waals surface area contributed by atoms with E-state index in [-0.39, 0.29) is 6.54 Å². The lowest BCUT2D eigenvalue weighted by Gasteiger charge is -2.08. The first kappa shape index (κ1) is 15.4. The summed E-state index contributed by atoms with van der Waals surface area (Å²) in [6.07, 6.45) is 0. The Labute approximate surface area is 126 Å². The van der Waals surface area contributed by atoms with E-state index in [1.54, 1.807) is 11.4 Å². The fourth-order valence-electron chi connectivity index (χ4n) is 1.44. The third-order valence-electron chi connectivity index (χ3n) is 2.40. The zero-order valence-corrected chi connectivity index (χ0v) is 13.1. The van der Waals surface area contributed by atoms with Crippen LogP contribution < -0.4 is 10.5 Å². The van der Waals surface area contributed by atoms with Gasteiger partial charge < -0.3 is 5.73 Å². The number of nitrogen functional groups attached to an aromatic ring is 1. The third kappa shape index (κ3) is 3.35. The van der Waals surface area contributed by atoms with E-state index in [2.05, 4.69) is 20.7 Å². The van der Waals surface area contributed by atoms with Gasteiger partial charge in [0.05, 0.1) is 5.69 Å². The lowest BCUT2D eigenvalue weighted by Crippen LogP contribution is -2.24. The second kappa shape index (κ2) is 5.76. The van der Waals surface area contributed by atoms with E-state index in [1.807, 2.05) is 0 Å². The van der Waals surface area contributed by atoms with E-state index in [0.717, 1.165) is 15.4 Å². The van der Waals surface area contributed by atoms with Crippen LogP contribution in [0.25, 0.3) is 0 Å². The standard InChI is InChI=1S/C11H9BrF2N2O2S2/c12-6-1-7(19-5-6)4-16-20(17,18)11-3-10(15)8(13)2-9(11)14/h1-3,5,16H,4,15H2. The molecule has 2 rings (SSSR count). The van der Waals surface area contributed by atoms with Gasteiger partial charge in [-0.1, -0.05) is 0 Å². The molecule has 0 saturated carbocycles. The molecule has 4 nitrogen and oxygen atoms in total. The minimum Gasteiger partial charge on any atom is -0.396 e. The van der Waals surface area contributed by atoms with Gasteiger partial charge in [0.2, 0.25) is 10.0 Å². The van der Waals surface area contributed by atoms with Crippen molar-refractivity contribution >= 4 is 43.0 Å². The summed E-state index contributed by atoms with van der Waals surface area (Å²) in [6.45, 7) is 0.00925. The molecule has 0 aliphatic heterocycles. The summed E-state index contributed by atoms with van der Waals surface area (Å²) in [4.78, 5) is 0.0722. The Hall–Kier alpha value is -1.03. The number of benzene rings is 1. The topological polar surface area (TPSA) is 72.2 Å². The van der Waals surface area contributed by atoms with Gasteiger partial charge in [-0.3, -0.25) is 0 Å². The van der Waals surface area contributed by atoms with Gasteiger partial charge in [0.1, 0.15) is 16.5 Å². The second-order valence-corrected chi connectivity index (χ2v) is 7.51. The molecule has 0 amide bonds. The number of hydrogen-bond acceptors (Lipinski definition) is 4. The number of thiophene rings is 1. The van der Waals surface area contributed by atoms with E-state index in [4.69, 9.17) is 5.73 Å². The molecule has 0 unspecified atom stereocenters. The maximum atomic E-state index is 13.5. The van der Waals surface area contributed by atoms with Crippen molar-refractivity contribution < 1.29 is 17.2 Å². The van der Waals surface area contributed by atoms with Crippen molar-refractivity contribution in [3.8, 4) is 0 Å². The van der Waals surface area contributed by atoms with Crippen LogP contribution in [0.2, 0.25) is 0 Å². The Morgan fingerprint density at radius 1 is 1.25 bits per heavy atom. The molecule has 0 atom stereocenters. The van der Waals surface area contributed by atoms with Gasteiger partial charge in [-0.15, -0.1) is 11.3 Å². The van der Waals surface area contributed by atoms with E-state index < -0.39 is 32.2 Å². The maximum Gasteiger partial charge on any atom is 0.243 e. The summed E-state index contributed by atoms with van der Waals surface area (Å²) in [6, 6.07) is 2.95. The van der Waals surface area contributed by atoms with Crippen molar-refractivity contribution in [1.29, 1.82) is 0 Å². The number of nitrogens with two attached hydrogens (primary N) is 1. The summed E-state index contributed by atoms with van der Waals surface area (Å²) < 4.78 is 53.5. The Morgan fingerprint density at radius 3 is 2.55 bits per heavy atom. The summed E-state index contributed by atoms with van der Waals surface area (Å²) >= 11 is 4.58. The van der Waals surface area contributed by atoms with Gasteiger partial charge in [0.25, 0.3) is 0 Å². The van der Waals surface area contributed by atoms with Gasteiger partial charge in [-0.2, -0.15) is 0 Å². The van der Waals surface area contributed by atoms with Crippen LogP contribution in [0.4, 0.5) is 14.5 Å². The fraction of sp³-hybridized carbons (Fsp3) is 0.0909. The lowest BCUT2D eigenvalue weighted by atomic mass is 10.3. The van der Waals surface area contributed by atoms with E-state index in [0.29, 0.717) is 6.07 Å². The van der Waals surface area contributed by atoms with Gasteiger partial charge in [-0.05, 0) is 28.1 Å². The quantitative estimate of drug-likeness (QED) is 0.798. The third-order valence-corrected chi connectivity index (χ3v) is 5.51. The number of sulfonamides is 1. The van der Waals surface area contributed by atoms with Crippen molar-refractivity contribution in [2.45, 2.75) is 11.4 Å². The lowest BCUT2D eigenvalue weighted by molar-refractivity contribution is 0.544. The molecule has 0 aliphatic rings. The summed E-state index contributed by atoms with van der Waals surface area (Å²) in [5, 5.41) is 1.79. The highest BCUT2D eigenvalue weighted by atomic mass is 79.9. The van der Waals surface area contributed by atoms with Crippen molar-refractivity contribution in [3.05, 3.63) is 44.6 Å². The first-order chi connectivity index (χ1) is 9.29. The van der Waals surface area contributed by atoms with Crippen LogP contribution in [-0.4, -0.2) is 8.42 Å². The molecule has 0 aliphatic carbocycles. The van der Waals surface area contributed by atoms with Crippen LogP contribution in [0.3, 0.4) is 0 Å². The molecular formula is C11H9BrF2N2O2S2. The normalized spacial score (nSPS) is 11.8. The zero-order valence-electron chi connectivity index (χ0n) is 9.86. The monoisotopic (exact) mass is 382 g/mol. The molecule has 0 radical (unpaired) electrons. The summed E-state index contributed by atoms with van der Waals surface area (Å²) in [5.74, 6) is -2.18. The highest BCUT2D eigenvalue weighted by molar-refractivity contribution is 9.10. The molecule has 9 heteroatoms. The van der Waals surface area contributed by atoms with Crippen LogP contribution in [0.15, 0.2) is 32.9 Å². The first-order valence-corrected chi connectivity index (χ1v) is 8.42. The number of nitrogens with one attached hydrogen (secondary N) is 1. The average Bonchev–Trinajstić information content (AvgIpc) is 2.77. The Balaban J connectivity index is 2.24. The molecular weight excluding hydrogens is 374 g/mol. The molecule has 2 aromatic rings. The van der Waals surface area contributed by atoms with Crippen molar-refractivity contribution in [2.24, 2.45) is 0 Å². The minimum absolute atomic E-state index is 0.00925. The van der Waals surface area contributed by atoms with Crippen LogP contribution in [-0.2, 0) is 16.6 Å². The second-order valence-electron chi connectivity index (χ2n) is 3.86. The molecule has 1 heterocycles. The van der Waals surface area contributed by atoms with Gasteiger partial charge in [-0.25, -0.2) is 21.9 Å². The SMILES string of the molecule is Nc1cc(S(=O)(=O)NCc2cc(Br)cs2)c(F)cc1F. The number of rotatable bonds is 4. The van der Waals surface area contributed by atoms with Crippen LogP contribution in [0, 0.1) is 11.6 Å². The predicted molar refractivity (Wildman–Crippen MR) is 76.8 cm³/mol. The first-order valence-electron chi connectivity index (χ1n) is 5.26. The van der Waals surface area contributed by atoms with Crippen molar-refractivity contribution in [3.63, 3.8) is 0 Å². The van der Waals surface area contributed by atoms with Crippen molar-refractivity contribution in [2.75, 3.05) is 5.73 Å². The van der Waals surface area contributed by atoms with E-state index >= 15 is 0 Å². The Morgan fingerprint density at radius 2 is 1.95 bits per heavy atom. The molecule has 0 bridgehead atoms. The van der Waals surface area contributed by atoms with Crippen LogP contribution in [0.5, 0.6) is 0 Å². The smallest absolute Gasteiger partial charge is 0.243 e. The van der Waals surface area contributed by atoms with Gasteiger partial charge in [0.15, 0.2) is 0 Å². The number of anilines is 1. The molecule has 0 spiro atoms. The number of halogens is 3. The van der Waals surface area contributed by atoms with Gasteiger partial charge >= 0.3 is 0 Å². The molecule has 1 aromatic heterocycles. The summed E-state index contributed by atoms with van der Waals surface area (Å²) in [7, 11) is -4.10. The molecule has 3 N–H and O–H groups in total. The summed E-state index contributed by atoms with van der Waals surface area (Å²) in [5.41, 5.74) is 4.83. The molecule has 0 fully saturated rings. The number of hydrogen-bond donors (Lipinski definition) is 2. The predicted octanol–water partition coefficient (Wildman–Crippen LogP) is 2.85. The average molecular weight is 383 g/mol. The Bertz CT molecular complexity index is 747. The highest BCUT2D eigenvalue weighted by Crippen LogP contribution is 2.23. The van der Waals surface area contributed by atoms with E-state index in [1.165, 1.54) is 11.3 Å². The fourth-order valence-corrected chi connectivity index (χ4v) is 4.02. The molecule has 108 valence electrons. The minimum atomic E-state index is -4.10. The zero-order chi connectivity index (χ0) is 14.9. The van der Waals surface area contributed by atoms with Crippen LogP contribution >= 0.6 is 27.3 Å². The Kier molecular flexibility index (Phi) is 4.43. The maximum absolute atomic E-state index is 13.5. The highest BCUT2D eigenvalue weighted by Gasteiger charge is 2.21. The molecule has 20 heavy (non-hydrogen) atoms. The van der Waals surface area contributed by atoms with Gasteiger partial charge in [0, 0.05) is 27.3 Å². The van der Waals surface area contributed by atoms with Crippen LogP contribution in [0.1, 0.15) is 4.88 Å². The van der Waals surface area contributed by atoms with Crippen molar-refractivity contribution in [1.82, 2.24) is 4.72 Å².